The van der Waals surface area contributed by atoms with Crippen LogP contribution >= 0.6 is 0 Å². The SMILES string of the molecule is O=C(O)CC1(NC(=O)C2CC(=O)Nc3cc(F)ccc32)CCCC1. The van der Waals surface area contributed by atoms with Gasteiger partial charge in [0.05, 0.1) is 17.9 Å². The number of fused-ring (bicyclic) bond motifs is 1. The van der Waals surface area contributed by atoms with Crippen molar-refractivity contribution in [1.29, 1.82) is 0 Å². The van der Waals surface area contributed by atoms with Gasteiger partial charge in [-0.05, 0) is 30.5 Å². The summed E-state index contributed by atoms with van der Waals surface area (Å²) in [7, 11) is 0. The van der Waals surface area contributed by atoms with E-state index in [0.29, 0.717) is 24.1 Å². The predicted molar refractivity (Wildman–Crippen MR) is 84.0 cm³/mol. The van der Waals surface area contributed by atoms with Crippen molar-refractivity contribution in [3.8, 4) is 0 Å². The highest BCUT2D eigenvalue weighted by molar-refractivity contribution is 6.01. The molecule has 1 aromatic carbocycles. The Morgan fingerprint density at radius 1 is 1.33 bits per heavy atom. The van der Waals surface area contributed by atoms with Gasteiger partial charge in [-0.1, -0.05) is 18.9 Å². The summed E-state index contributed by atoms with van der Waals surface area (Å²) in [6.07, 6.45) is 2.78. The van der Waals surface area contributed by atoms with Gasteiger partial charge in [-0.2, -0.15) is 0 Å². The molecule has 0 bridgehead atoms. The van der Waals surface area contributed by atoms with Crippen LogP contribution in [0.5, 0.6) is 0 Å². The maximum Gasteiger partial charge on any atom is 0.305 e. The molecule has 0 aromatic heterocycles. The Kier molecular flexibility index (Phi) is 4.26. The van der Waals surface area contributed by atoms with Gasteiger partial charge >= 0.3 is 5.97 Å². The lowest BCUT2D eigenvalue weighted by Gasteiger charge is -2.32. The van der Waals surface area contributed by atoms with Crippen LogP contribution in [0.2, 0.25) is 0 Å². The van der Waals surface area contributed by atoms with Crippen molar-refractivity contribution in [3.63, 3.8) is 0 Å². The van der Waals surface area contributed by atoms with Gasteiger partial charge in [0.25, 0.3) is 0 Å². The number of rotatable bonds is 4. The van der Waals surface area contributed by atoms with Crippen molar-refractivity contribution in [2.24, 2.45) is 0 Å². The Balaban J connectivity index is 1.85. The molecule has 7 heteroatoms. The van der Waals surface area contributed by atoms with Crippen molar-refractivity contribution < 1.29 is 23.9 Å². The smallest absolute Gasteiger partial charge is 0.305 e. The minimum atomic E-state index is -0.957. The van der Waals surface area contributed by atoms with Crippen molar-refractivity contribution >= 4 is 23.5 Å². The van der Waals surface area contributed by atoms with Crippen LogP contribution in [-0.4, -0.2) is 28.4 Å². The molecule has 1 heterocycles. The molecule has 128 valence electrons. The molecular formula is C17H19FN2O4. The second kappa shape index (κ2) is 6.22. The molecule has 6 nitrogen and oxygen atoms in total. The lowest BCUT2D eigenvalue weighted by atomic mass is 9.87. The number of anilines is 1. The van der Waals surface area contributed by atoms with Crippen LogP contribution < -0.4 is 10.6 Å². The molecule has 1 aliphatic heterocycles. The number of benzene rings is 1. The fraction of sp³-hybridized carbons (Fsp3) is 0.471. The number of amides is 2. The summed E-state index contributed by atoms with van der Waals surface area (Å²) in [5.41, 5.74) is 0.0962. The van der Waals surface area contributed by atoms with Crippen LogP contribution in [-0.2, 0) is 14.4 Å². The van der Waals surface area contributed by atoms with Gasteiger partial charge in [0.2, 0.25) is 11.8 Å². The van der Waals surface area contributed by atoms with E-state index in [0.717, 1.165) is 12.8 Å². The van der Waals surface area contributed by atoms with E-state index in [4.69, 9.17) is 5.11 Å². The summed E-state index contributed by atoms with van der Waals surface area (Å²) in [6, 6.07) is 3.93. The molecule has 3 rings (SSSR count). The highest BCUT2D eigenvalue weighted by Crippen LogP contribution is 2.36. The topological polar surface area (TPSA) is 95.5 Å². The zero-order valence-electron chi connectivity index (χ0n) is 13.1. The van der Waals surface area contributed by atoms with E-state index in [2.05, 4.69) is 10.6 Å². The van der Waals surface area contributed by atoms with E-state index < -0.39 is 23.2 Å². The predicted octanol–water partition coefficient (Wildman–Crippen LogP) is 2.16. The van der Waals surface area contributed by atoms with Crippen molar-refractivity contribution in [1.82, 2.24) is 5.32 Å². The van der Waals surface area contributed by atoms with Gasteiger partial charge in [-0.15, -0.1) is 0 Å². The number of halogens is 1. The fourth-order valence-electron chi connectivity index (χ4n) is 3.71. The number of carboxylic acids is 1. The van der Waals surface area contributed by atoms with E-state index in [1.807, 2.05) is 0 Å². The third-order valence-corrected chi connectivity index (χ3v) is 4.81. The average Bonchev–Trinajstić information content (AvgIpc) is 2.92. The van der Waals surface area contributed by atoms with Gasteiger partial charge in [0.1, 0.15) is 5.82 Å². The summed E-state index contributed by atoms with van der Waals surface area (Å²) in [5.74, 6) is -2.91. The molecule has 2 amide bonds. The van der Waals surface area contributed by atoms with Gasteiger partial charge < -0.3 is 15.7 Å². The summed E-state index contributed by atoms with van der Waals surface area (Å²) >= 11 is 0. The fourth-order valence-corrected chi connectivity index (χ4v) is 3.71. The molecule has 0 radical (unpaired) electrons. The molecule has 2 aliphatic rings. The average molecular weight is 334 g/mol. The lowest BCUT2D eigenvalue weighted by molar-refractivity contribution is -0.139. The molecule has 1 fully saturated rings. The Bertz CT molecular complexity index is 698. The number of nitrogens with one attached hydrogen (secondary N) is 2. The molecular weight excluding hydrogens is 315 g/mol. The van der Waals surface area contributed by atoms with E-state index in [9.17, 15) is 18.8 Å². The first-order valence-electron chi connectivity index (χ1n) is 8.02. The molecule has 0 saturated heterocycles. The van der Waals surface area contributed by atoms with Crippen molar-refractivity contribution in [2.45, 2.75) is 50.0 Å². The van der Waals surface area contributed by atoms with Crippen LogP contribution in [0.25, 0.3) is 0 Å². The zero-order chi connectivity index (χ0) is 17.3. The van der Waals surface area contributed by atoms with Gasteiger partial charge in [-0.25, -0.2) is 4.39 Å². The summed E-state index contributed by atoms with van der Waals surface area (Å²) in [5, 5.41) is 14.6. The van der Waals surface area contributed by atoms with Crippen molar-refractivity contribution in [3.05, 3.63) is 29.6 Å². The second-order valence-electron chi connectivity index (χ2n) is 6.58. The zero-order valence-corrected chi connectivity index (χ0v) is 13.1. The molecule has 0 spiro atoms. The monoisotopic (exact) mass is 334 g/mol. The summed E-state index contributed by atoms with van der Waals surface area (Å²) in [6.45, 7) is 0. The summed E-state index contributed by atoms with van der Waals surface area (Å²) < 4.78 is 13.4. The first-order chi connectivity index (χ1) is 11.4. The first-order valence-corrected chi connectivity index (χ1v) is 8.02. The van der Waals surface area contributed by atoms with E-state index in [1.54, 1.807) is 0 Å². The van der Waals surface area contributed by atoms with Crippen LogP contribution in [0.15, 0.2) is 18.2 Å². The molecule has 24 heavy (non-hydrogen) atoms. The third kappa shape index (κ3) is 3.25. The van der Waals surface area contributed by atoms with E-state index in [-0.39, 0.29) is 24.7 Å². The van der Waals surface area contributed by atoms with Crippen LogP contribution in [0.4, 0.5) is 10.1 Å². The Morgan fingerprint density at radius 3 is 2.71 bits per heavy atom. The third-order valence-electron chi connectivity index (χ3n) is 4.81. The number of aliphatic carboxylic acids is 1. The van der Waals surface area contributed by atoms with Crippen LogP contribution in [0, 0.1) is 5.82 Å². The van der Waals surface area contributed by atoms with Gasteiger partial charge in [0, 0.05) is 12.1 Å². The van der Waals surface area contributed by atoms with E-state index in [1.165, 1.54) is 18.2 Å². The minimum Gasteiger partial charge on any atom is -0.481 e. The number of carbonyl (C=O) groups excluding carboxylic acids is 2. The highest BCUT2D eigenvalue weighted by Gasteiger charge is 2.40. The molecule has 3 N–H and O–H groups in total. The van der Waals surface area contributed by atoms with Crippen LogP contribution in [0.1, 0.15) is 50.0 Å². The largest absolute Gasteiger partial charge is 0.481 e. The number of carbonyl (C=O) groups is 3. The Morgan fingerprint density at radius 2 is 2.04 bits per heavy atom. The number of carboxylic acid groups (broad SMARTS) is 1. The quantitative estimate of drug-likeness (QED) is 0.786. The normalized spacial score (nSPS) is 21.7. The maximum absolute atomic E-state index is 13.4. The number of hydrogen-bond donors (Lipinski definition) is 3. The first kappa shape index (κ1) is 16.4. The lowest BCUT2D eigenvalue weighted by Crippen LogP contribution is -2.50. The molecule has 1 atom stereocenters. The van der Waals surface area contributed by atoms with Crippen LogP contribution in [0.3, 0.4) is 0 Å². The second-order valence-corrected chi connectivity index (χ2v) is 6.58. The molecule has 1 aliphatic carbocycles. The maximum atomic E-state index is 13.4. The molecule has 1 saturated carbocycles. The minimum absolute atomic E-state index is 0.0341. The number of hydrogen-bond acceptors (Lipinski definition) is 3. The van der Waals surface area contributed by atoms with Gasteiger partial charge in [0.15, 0.2) is 0 Å². The molecule has 1 aromatic rings. The Hall–Kier alpha value is -2.44. The van der Waals surface area contributed by atoms with E-state index >= 15 is 0 Å². The summed E-state index contributed by atoms with van der Waals surface area (Å²) in [4.78, 5) is 35.7. The Labute approximate surface area is 138 Å². The molecule has 1 unspecified atom stereocenters. The standard InChI is InChI=1S/C17H19FN2O4/c18-10-3-4-11-12(8-14(21)19-13(11)7-10)16(24)20-17(9-15(22)23)5-1-2-6-17/h3-4,7,12H,1-2,5-6,8-9H2,(H,19,21)(H,20,24)(H,22,23). The highest BCUT2D eigenvalue weighted by atomic mass is 19.1. The van der Waals surface area contributed by atoms with Gasteiger partial charge in [-0.3, -0.25) is 14.4 Å². The van der Waals surface area contributed by atoms with Crippen molar-refractivity contribution in [2.75, 3.05) is 5.32 Å².